The smallest absolute Gasteiger partial charge is 0.315 e. The van der Waals surface area contributed by atoms with E-state index in [1.54, 1.807) is 0 Å². The van der Waals surface area contributed by atoms with Crippen LogP contribution >= 0.6 is 0 Å². The van der Waals surface area contributed by atoms with E-state index in [1.165, 1.54) is 0 Å². The van der Waals surface area contributed by atoms with Gasteiger partial charge < -0.3 is 21.1 Å². The van der Waals surface area contributed by atoms with Crippen LogP contribution in [0.15, 0.2) is 0 Å². The molecule has 0 aliphatic rings. The monoisotopic (exact) mass is 287 g/mol. The number of unbranched alkanes of at least 4 members (excludes halogenated alkanes) is 2. The van der Waals surface area contributed by atoms with Gasteiger partial charge in [-0.15, -0.1) is 0 Å². The molecule has 7 heteroatoms. The van der Waals surface area contributed by atoms with Crippen molar-refractivity contribution in [3.63, 3.8) is 0 Å². The molecule has 20 heavy (non-hydrogen) atoms. The third-order valence-electron chi connectivity index (χ3n) is 2.28. The molecular formula is C13H25N3O4. The molecule has 0 atom stereocenters. The van der Waals surface area contributed by atoms with Crippen LogP contribution in [0.4, 0.5) is 4.79 Å². The maximum Gasteiger partial charge on any atom is 0.315 e. The fourth-order valence-electron chi connectivity index (χ4n) is 1.47. The summed E-state index contributed by atoms with van der Waals surface area (Å²) in [6.07, 6.45) is 2.22. The molecule has 0 unspecified atom stereocenters. The van der Waals surface area contributed by atoms with E-state index in [4.69, 9.17) is 5.11 Å². The lowest BCUT2D eigenvalue weighted by molar-refractivity contribution is -0.137. The van der Waals surface area contributed by atoms with Crippen LogP contribution < -0.4 is 16.0 Å². The van der Waals surface area contributed by atoms with Gasteiger partial charge in [0.05, 0.1) is 6.54 Å². The van der Waals surface area contributed by atoms with Crippen molar-refractivity contribution in [1.29, 1.82) is 0 Å². The van der Waals surface area contributed by atoms with Crippen LogP contribution in [-0.4, -0.2) is 41.6 Å². The van der Waals surface area contributed by atoms with Gasteiger partial charge in [-0.2, -0.15) is 0 Å². The number of nitrogens with one attached hydrogen (secondary N) is 3. The van der Waals surface area contributed by atoms with Crippen LogP contribution in [0.25, 0.3) is 0 Å². The zero-order valence-corrected chi connectivity index (χ0v) is 12.4. The highest BCUT2D eigenvalue weighted by atomic mass is 16.4. The van der Waals surface area contributed by atoms with Gasteiger partial charge in [0, 0.05) is 18.5 Å². The van der Waals surface area contributed by atoms with Crippen LogP contribution in [0, 0.1) is 0 Å². The molecule has 3 amide bonds. The van der Waals surface area contributed by atoms with Gasteiger partial charge in [-0.1, -0.05) is 6.42 Å². The Morgan fingerprint density at radius 2 is 1.65 bits per heavy atom. The second-order valence-corrected chi connectivity index (χ2v) is 5.61. The molecule has 0 bridgehead atoms. The van der Waals surface area contributed by atoms with Crippen LogP contribution in [0.1, 0.15) is 46.5 Å². The Hall–Kier alpha value is -1.79. The number of carboxylic acids is 1. The van der Waals surface area contributed by atoms with Crippen molar-refractivity contribution in [2.75, 3.05) is 13.1 Å². The Labute approximate surface area is 119 Å². The number of carbonyl (C=O) groups is 3. The molecule has 7 nitrogen and oxygen atoms in total. The van der Waals surface area contributed by atoms with Crippen LogP contribution in [0.2, 0.25) is 0 Å². The standard InChI is InChI=1S/C13H25N3O4/c1-13(2,3)16-10(17)9-15-12(20)14-8-6-4-5-7-11(18)19/h4-9H2,1-3H3,(H,16,17)(H,18,19)(H2,14,15,20). The SMILES string of the molecule is CC(C)(C)NC(=O)CNC(=O)NCCCCCC(=O)O. The molecule has 4 N–H and O–H groups in total. The first-order chi connectivity index (χ1) is 9.20. The van der Waals surface area contributed by atoms with Crippen molar-refractivity contribution >= 4 is 17.9 Å². The first kappa shape index (κ1) is 18.2. The second-order valence-electron chi connectivity index (χ2n) is 5.61. The van der Waals surface area contributed by atoms with Gasteiger partial charge in [0.1, 0.15) is 0 Å². The number of hydrogen-bond donors (Lipinski definition) is 4. The lowest BCUT2D eigenvalue weighted by Crippen LogP contribution is -2.47. The van der Waals surface area contributed by atoms with Gasteiger partial charge in [-0.25, -0.2) is 4.79 Å². The number of rotatable bonds is 8. The third-order valence-corrected chi connectivity index (χ3v) is 2.28. The van der Waals surface area contributed by atoms with Crippen LogP contribution in [0.5, 0.6) is 0 Å². The van der Waals surface area contributed by atoms with Gasteiger partial charge in [0.2, 0.25) is 5.91 Å². The number of urea groups is 1. The summed E-state index contributed by atoms with van der Waals surface area (Å²) in [5.41, 5.74) is -0.320. The number of carboxylic acid groups (broad SMARTS) is 1. The predicted octanol–water partition coefficient (Wildman–Crippen LogP) is 0.845. The molecule has 0 aromatic carbocycles. The number of hydrogen-bond acceptors (Lipinski definition) is 3. The summed E-state index contributed by atoms with van der Waals surface area (Å²) in [6, 6.07) is -0.396. The van der Waals surface area contributed by atoms with Crippen molar-refractivity contribution < 1.29 is 19.5 Å². The fourth-order valence-corrected chi connectivity index (χ4v) is 1.47. The fraction of sp³-hybridized carbons (Fsp3) is 0.769. The molecular weight excluding hydrogens is 262 g/mol. The van der Waals surface area contributed by atoms with Crippen molar-refractivity contribution in [2.45, 2.75) is 52.0 Å². The summed E-state index contributed by atoms with van der Waals surface area (Å²) in [7, 11) is 0. The average molecular weight is 287 g/mol. The largest absolute Gasteiger partial charge is 0.481 e. The van der Waals surface area contributed by atoms with Gasteiger partial charge >= 0.3 is 12.0 Å². The minimum absolute atomic E-state index is 0.0673. The summed E-state index contributed by atoms with van der Waals surface area (Å²) < 4.78 is 0. The van der Waals surface area contributed by atoms with Gasteiger partial charge in [-0.3, -0.25) is 9.59 Å². The first-order valence-electron chi connectivity index (χ1n) is 6.75. The normalized spacial score (nSPS) is 10.8. The van der Waals surface area contributed by atoms with Crippen molar-refractivity contribution in [2.24, 2.45) is 0 Å². The second kappa shape index (κ2) is 9.17. The molecule has 0 saturated carbocycles. The predicted molar refractivity (Wildman–Crippen MR) is 75.4 cm³/mol. The molecule has 0 aliphatic heterocycles. The molecule has 0 spiro atoms. The van der Waals surface area contributed by atoms with Gasteiger partial charge in [0.25, 0.3) is 0 Å². The molecule has 0 aromatic rings. The molecule has 0 heterocycles. The lowest BCUT2D eigenvalue weighted by Gasteiger charge is -2.20. The maximum atomic E-state index is 11.4. The maximum absolute atomic E-state index is 11.4. The summed E-state index contributed by atoms with van der Waals surface area (Å²) in [5.74, 6) is -1.05. The lowest BCUT2D eigenvalue weighted by atomic mass is 10.1. The van der Waals surface area contributed by atoms with E-state index >= 15 is 0 Å². The molecule has 0 rings (SSSR count). The minimum atomic E-state index is -0.805. The van der Waals surface area contributed by atoms with Crippen LogP contribution in [-0.2, 0) is 9.59 Å². The number of amides is 3. The quantitative estimate of drug-likeness (QED) is 0.496. The molecule has 0 aromatic heterocycles. The molecule has 0 aliphatic carbocycles. The van der Waals surface area contributed by atoms with Gasteiger partial charge in [0.15, 0.2) is 0 Å². The van der Waals surface area contributed by atoms with Crippen LogP contribution in [0.3, 0.4) is 0 Å². The highest BCUT2D eigenvalue weighted by molar-refractivity contribution is 5.84. The Bertz CT molecular complexity index is 337. The highest BCUT2D eigenvalue weighted by Crippen LogP contribution is 1.98. The van der Waals surface area contributed by atoms with Crippen molar-refractivity contribution in [3.8, 4) is 0 Å². The molecule has 0 radical (unpaired) electrons. The average Bonchev–Trinajstić information content (AvgIpc) is 2.28. The highest BCUT2D eigenvalue weighted by Gasteiger charge is 2.13. The number of aliphatic carboxylic acids is 1. The summed E-state index contributed by atoms with van der Waals surface area (Å²) in [6.45, 7) is 5.99. The number of carbonyl (C=O) groups excluding carboxylic acids is 2. The summed E-state index contributed by atoms with van der Waals surface area (Å²) in [5, 5.41) is 16.2. The van der Waals surface area contributed by atoms with Crippen molar-refractivity contribution in [3.05, 3.63) is 0 Å². The van der Waals surface area contributed by atoms with Crippen molar-refractivity contribution in [1.82, 2.24) is 16.0 Å². The Morgan fingerprint density at radius 1 is 1.00 bits per heavy atom. The van der Waals surface area contributed by atoms with E-state index in [-0.39, 0.29) is 24.4 Å². The molecule has 0 saturated heterocycles. The van der Waals surface area contributed by atoms with E-state index in [0.29, 0.717) is 13.0 Å². The van der Waals surface area contributed by atoms with E-state index in [0.717, 1.165) is 12.8 Å². The third kappa shape index (κ3) is 12.7. The first-order valence-corrected chi connectivity index (χ1v) is 6.75. The Morgan fingerprint density at radius 3 is 2.20 bits per heavy atom. The van der Waals surface area contributed by atoms with E-state index in [9.17, 15) is 14.4 Å². The Balaban J connectivity index is 3.55. The van der Waals surface area contributed by atoms with E-state index in [2.05, 4.69) is 16.0 Å². The van der Waals surface area contributed by atoms with E-state index in [1.807, 2.05) is 20.8 Å². The topological polar surface area (TPSA) is 108 Å². The zero-order chi connectivity index (χ0) is 15.6. The van der Waals surface area contributed by atoms with E-state index < -0.39 is 12.0 Å². The summed E-state index contributed by atoms with van der Waals surface area (Å²) >= 11 is 0. The molecule has 116 valence electrons. The minimum Gasteiger partial charge on any atom is -0.481 e. The zero-order valence-electron chi connectivity index (χ0n) is 12.4. The van der Waals surface area contributed by atoms with Gasteiger partial charge in [-0.05, 0) is 33.6 Å². The summed E-state index contributed by atoms with van der Waals surface area (Å²) in [4.78, 5) is 33.1. The molecule has 0 fully saturated rings. The Kier molecular flexibility index (Phi) is 8.35.